The summed E-state index contributed by atoms with van der Waals surface area (Å²) in [6, 6.07) is 2.73. The van der Waals surface area contributed by atoms with Gasteiger partial charge in [0.1, 0.15) is 5.02 Å². The molecule has 2 aliphatic heterocycles. The number of ether oxygens (including phenoxy) is 4. The van der Waals surface area contributed by atoms with E-state index >= 15 is 0 Å². The second kappa shape index (κ2) is 12.6. The SMILES string of the molecule is O=c1c(Cl)c(NC[C@@H]2COC[C@@H]3C[C@H]23)cnn1C1CCC(N(C[C@@H]2COCCO2)c2ccc(OC(F)(F)F)nc2)CC1. The van der Waals surface area contributed by atoms with Crippen molar-refractivity contribution in [3.8, 4) is 5.88 Å². The number of rotatable bonds is 9. The van der Waals surface area contributed by atoms with Crippen LogP contribution in [0.15, 0.2) is 29.3 Å². The summed E-state index contributed by atoms with van der Waals surface area (Å²) in [5.41, 5.74) is 0.890. The summed E-state index contributed by atoms with van der Waals surface area (Å²) in [5.74, 6) is 1.25. The molecular formula is C28H35ClF3N5O5. The minimum atomic E-state index is -4.81. The van der Waals surface area contributed by atoms with Gasteiger partial charge in [0.25, 0.3) is 5.56 Å². The molecule has 4 fully saturated rings. The third kappa shape index (κ3) is 6.95. The van der Waals surface area contributed by atoms with Gasteiger partial charge in [-0.2, -0.15) is 5.10 Å². The van der Waals surface area contributed by atoms with Gasteiger partial charge in [0.05, 0.1) is 62.3 Å². The zero-order valence-electron chi connectivity index (χ0n) is 23.1. The average Bonchev–Trinajstić information content (AvgIpc) is 3.78. The Kier molecular flexibility index (Phi) is 8.80. The van der Waals surface area contributed by atoms with Crippen molar-refractivity contribution in [2.75, 3.05) is 56.3 Å². The molecule has 42 heavy (non-hydrogen) atoms. The van der Waals surface area contributed by atoms with Crippen LogP contribution in [-0.2, 0) is 14.2 Å². The first kappa shape index (κ1) is 29.5. The van der Waals surface area contributed by atoms with Crippen molar-refractivity contribution in [3.63, 3.8) is 0 Å². The molecule has 0 amide bonds. The highest BCUT2D eigenvalue weighted by molar-refractivity contribution is 6.32. The van der Waals surface area contributed by atoms with E-state index in [-0.39, 0.29) is 28.8 Å². The Balaban J connectivity index is 1.10. The molecule has 6 rings (SSSR count). The summed E-state index contributed by atoms with van der Waals surface area (Å²) in [6.45, 7) is 4.20. The Morgan fingerprint density at radius 2 is 1.93 bits per heavy atom. The summed E-state index contributed by atoms with van der Waals surface area (Å²) in [7, 11) is 0. The molecule has 0 radical (unpaired) electrons. The van der Waals surface area contributed by atoms with Crippen LogP contribution in [0.4, 0.5) is 24.5 Å². The van der Waals surface area contributed by atoms with Crippen molar-refractivity contribution in [1.29, 1.82) is 0 Å². The number of nitrogens with zero attached hydrogens (tertiary/aromatic N) is 4. The largest absolute Gasteiger partial charge is 0.574 e. The zero-order chi connectivity index (χ0) is 29.3. The fourth-order valence-electron chi connectivity index (χ4n) is 6.48. The molecule has 1 N–H and O–H groups in total. The average molecular weight is 614 g/mol. The molecule has 2 saturated carbocycles. The predicted octanol–water partition coefficient (Wildman–Crippen LogP) is 4.29. The van der Waals surface area contributed by atoms with Gasteiger partial charge in [-0.25, -0.2) is 9.67 Å². The van der Waals surface area contributed by atoms with E-state index in [1.165, 1.54) is 23.4 Å². The van der Waals surface area contributed by atoms with Gasteiger partial charge in [-0.3, -0.25) is 4.79 Å². The zero-order valence-corrected chi connectivity index (χ0v) is 23.9. The van der Waals surface area contributed by atoms with Crippen LogP contribution in [-0.4, -0.2) is 79.4 Å². The lowest BCUT2D eigenvalue weighted by Gasteiger charge is -2.40. The van der Waals surface area contributed by atoms with E-state index in [4.69, 9.17) is 25.8 Å². The van der Waals surface area contributed by atoms with Crippen molar-refractivity contribution >= 4 is 23.0 Å². The molecule has 4 atom stereocenters. The molecule has 4 heterocycles. The third-order valence-corrected chi connectivity index (χ3v) is 9.12. The number of fused-ring (bicyclic) bond motifs is 1. The molecule has 0 bridgehead atoms. The van der Waals surface area contributed by atoms with Crippen LogP contribution in [0.25, 0.3) is 0 Å². The van der Waals surface area contributed by atoms with Gasteiger partial charge < -0.3 is 29.2 Å². The maximum Gasteiger partial charge on any atom is 0.574 e. The Bertz CT molecular complexity index is 1270. The summed E-state index contributed by atoms with van der Waals surface area (Å²) >= 11 is 6.51. The molecule has 2 aromatic heterocycles. The Morgan fingerprint density at radius 3 is 2.64 bits per heavy atom. The second-order valence-corrected chi connectivity index (χ2v) is 11.9. The number of pyridine rings is 1. The molecule has 0 aromatic carbocycles. The van der Waals surface area contributed by atoms with Crippen LogP contribution in [0, 0.1) is 17.8 Å². The van der Waals surface area contributed by atoms with Crippen molar-refractivity contribution in [2.24, 2.45) is 17.8 Å². The van der Waals surface area contributed by atoms with Gasteiger partial charge in [-0.1, -0.05) is 11.6 Å². The van der Waals surface area contributed by atoms with Crippen LogP contribution < -0.4 is 20.5 Å². The summed E-state index contributed by atoms with van der Waals surface area (Å²) in [6.07, 6.45) is 2.06. The fraction of sp³-hybridized carbons (Fsp3) is 0.679. The van der Waals surface area contributed by atoms with Crippen molar-refractivity contribution in [1.82, 2.24) is 14.8 Å². The van der Waals surface area contributed by atoms with Crippen LogP contribution in [0.2, 0.25) is 5.02 Å². The first-order chi connectivity index (χ1) is 20.2. The molecular weight excluding hydrogens is 579 g/mol. The Hall–Kier alpha value is -2.61. The van der Waals surface area contributed by atoms with E-state index in [2.05, 4.69) is 25.0 Å². The Labute approximate surface area is 246 Å². The van der Waals surface area contributed by atoms with E-state index < -0.39 is 12.2 Å². The van der Waals surface area contributed by atoms with Crippen molar-refractivity contribution < 1.29 is 32.1 Å². The van der Waals surface area contributed by atoms with Crippen LogP contribution in [0.1, 0.15) is 38.1 Å². The summed E-state index contributed by atoms with van der Waals surface area (Å²) < 4.78 is 60.4. The maximum absolute atomic E-state index is 13.2. The van der Waals surface area contributed by atoms with Gasteiger partial charge in [-0.05, 0) is 50.0 Å². The van der Waals surface area contributed by atoms with Crippen molar-refractivity contribution in [2.45, 2.75) is 56.7 Å². The molecule has 2 aromatic rings. The lowest BCUT2D eigenvalue weighted by molar-refractivity contribution is -0.276. The fourth-order valence-corrected chi connectivity index (χ4v) is 6.68. The van der Waals surface area contributed by atoms with Crippen LogP contribution in [0.5, 0.6) is 5.88 Å². The molecule has 14 heteroatoms. The number of nitrogens with one attached hydrogen (secondary N) is 1. The van der Waals surface area contributed by atoms with Crippen LogP contribution in [0.3, 0.4) is 0 Å². The minimum Gasteiger partial charge on any atom is -0.388 e. The normalized spacial score (nSPS) is 29.4. The summed E-state index contributed by atoms with van der Waals surface area (Å²) in [5, 5.41) is 7.93. The molecule has 230 valence electrons. The maximum atomic E-state index is 13.2. The first-order valence-corrected chi connectivity index (χ1v) is 14.9. The number of alkyl halides is 3. The third-order valence-electron chi connectivity index (χ3n) is 8.76. The minimum absolute atomic E-state index is 0.0547. The number of aromatic nitrogens is 3. The van der Waals surface area contributed by atoms with Gasteiger partial charge in [0, 0.05) is 37.7 Å². The number of hydrogen-bond acceptors (Lipinski definition) is 9. The standard InChI is InChI=1S/C28H35ClF3N5O5/c29-26-24(33-10-18-15-40-14-17-9-23(17)18)12-35-37(27(26)38)20-3-1-19(2-4-20)36(13-22-16-39-7-8-41-22)21-5-6-25(34-11-21)42-28(30,31)32/h5-6,11-12,17-20,22-23,33H,1-4,7-10,13-16H2/t17-,18+,19?,20?,22+,23-/m0/s1. The second-order valence-electron chi connectivity index (χ2n) is 11.5. The molecule has 10 nitrogen and oxygen atoms in total. The highest BCUT2D eigenvalue weighted by Crippen LogP contribution is 2.47. The van der Waals surface area contributed by atoms with Gasteiger partial charge >= 0.3 is 6.36 Å². The van der Waals surface area contributed by atoms with E-state index in [1.807, 2.05) is 0 Å². The molecule has 0 spiro atoms. The van der Waals surface area contributed by atoms with E-state index in [0.29, 0.717) is 74.9 Å². The topological polar surface area (TPSA) is 100.0 Å². The van der Waals surface area contributed by atoms with Gasteiger partial charge in [0.2, 0.25) is 5.88 Å². The van der Waals surface area contributed by atoms with E-state index in [0.717, 1.165) is 26.1 Å². The number of hydrogen-bond donors (Lipinski definition) is 1. The van der Waals surface area contributed by atoms with Gasteiger partial charge in [-0.15, -0.1) is 13.2 Å². The van der Waals surface area contributed by atoms with E-state index in [9.17, 15) is 18.0 Å². The smallest absolute Gasteiger partial charge is 0.388 e. The van der Waals surface area contributed by atoms with E-state index in [1.54, 1.807) is 12.3 Å². The highest BCUT2D eigenvalue weighted by Gasteiger charge is 2.45. The Morgan fingerprint density at radius 1 is 1.10 bits per heavy atom. The number of halogens is 4. The summed E-state index contributed by atoms with van der Waals surface area (Å²) in [4.78, 5) is 19.2. The molecule has 0 unspecified atom stereocenters. The monoisotopic (exact) mass is 613 g/mol. The van der Waals surface area contributed by atoms with Crippen molar-refractivity contribution in [3.05, 3.63) is 39.9 Å². The van der Waals surface area contributed by atoms with Gasteiger partial charge in [0.15, 0.2) is 0 Å². The molecule has 2 saturated heterocycles. The molecule has 2 aliphatic carbocycles. The number of anilines is 2. The predicted molar refractivity (Wildman–Crippen MR) is 148 cm³/mol. The lowest BCUT2D eigenvalue weighted by Crippen LogP contribution is -2.46. The highest BCUT2D eigenvalue weighted by atomic mass is 35.5. The lowest BCUT2D eigenvalue weighted by atomic mass is 9.89. The quantitative estimate of drug-likeness (QED) is 0.444. The first-order valence-electron chi connectivity index (χ1n) is 14.5. The molecule has 4 aliphatic rings. The van der Waals surface area contributed by atoms with Crippen LogP contribution >= 0.6 is 11.6 Å².